The number of carboxylic acids is 1. The highest BCUT2D eigenvalue weighted by molar-refractivity contribution is 5.86. The van der Waals surface area contributed by atoms with Crippen molar-refractivity contribution in [2.24, 2.45) is 0 Å². The Morgan fingerprint density at radius 2 is 2.33 bits per heavy atom. The standard InChI is InChI=1S/C15H18N4O2/c20-15(21)12-9-17-19(10-12)8-2-4-13-6-5-11-3-1-7-16-14(11)18-13/h5-6,9-10H,1-4,7-8H2,(H,16,18)(H,20,21). The second-order valence-electron chi connectivity index (χ2n) is 5.24. The number of nitrogens with one attached hydrogen (secondary N) is 1. The van der Waals surface area contributed by atoms with Crippen LogP contribution in [0, 0.1) is 0 Å². The van der Waals surface area contributed by atoms with E-state index in [1.54, 1.807) is 10.9 Å². The van der Waals surface area contributed by atoms with Crippen LogP contribution in [0.4, 0.5) is 5.82 Å². The van der Waals surface area contributed by atoms with Crippen LogP contribution in [0.1, 0.15) is 34.5 Å². The zero-order valence-electron chi connectivity index (χ0n) is 11.7. The van der Waals surface area contributed by atoms with Crippen molar-refractivity contribution in [1.29, 1.82) is 0 Å². The Hall–Kier alpha value is -2.37. The first kappa shape index (κ1) is 13.6. The normalized spacial score (nSPS) is 13.5. The highest BCUT2D eigenvalue weighted by Gasteiger charge is 2.10. The largest absolute Gasteiger partial charge is 0.478 e. The van der Waals surface area contributed by atoms with Gasteiger partial charge in [-0.3, -0.25) is 4.68 Å². The quantitative estimate of drug-likeness (QED) is 0.878. The molecule has 0 aliphatic carbocycles. The third-order valence-electron chi connectivity index (χ3n) is 3.65. The molecule has 6 heteroatoms. The van der Waals surface area contributed by atoms with Gasteiger partial charge in [0.1, 0.15) is 5.82 Å². The molecular formula is C15H18N4O2. The summed E-state index contributed by atoms with van der Waals surface area (Å²) in [6.45, 7) is 1.69. The van der Waals surface area contributed by atoms with E-state index >= 15 is 0 Å². The van der Waals surface area contributed by atoms with E-state index in [9.17, 15) is 4.79 Å². The first-order valence-corrected chi connectivity index (χ1v) is 7.21. The Balaban J connectivity index is 1.56. The molecule has 0 bridgehead atoms. The number of carboxylic acid groups (broad SMARTS) is 1. The Bertz CT molecular complexity index is 651. The minimum Gasteiger partial charge on any atom is -0.478 e. The van der Waals surface area contributed by atoms with Gasteiger partial charge < -0.3 is 10.4 Å². The number of fused-ring (bicyclic) bond motifs is 1. The van der Waals surface area contributed by atoms with Crippen LogP contribution in [0.2, 0.25) is 0 Å². The molecule has 0 amide bonds. The molecule has 0 unspecified atom stereocenters. The number of hydrogen-bond donors (Lipinski definition) is 2. The summed E-state index contributed by atoms with van der Waals surface area (Å²) in [5.41, 5.74) is 2.59. The average molecular weight is 286 g/mol. The fourth-order valence-corrected chi connectivity index (χ4v) is 2.53. The van der Waals surface area contributed by atoms with Gasteiger partial charge in [0.05, 0.1) is 11.8 Å². The maximum absolute atomic E-state index is 10.8. The monoisotopic (exact) mass is 286 g/mol. The topological polar surface area (TPSA) is 80.0 Å². The van der Waals surface area contributed by atoms with Crippen LogP contribution in [0.15, 0.2) is 24.5 Å². The van der Waals surface area contributed by atoms with Crippen molar-refractivity contribution in [1.82, 2.24) is 14.8 Å². The average Bonchev–Trinajstić information content (AvgIpc) is 2.96. The third kappa shape index (κ3) is 3.21. The predicted molar refractivity (Wildman–Crippen MR) is 78.6 cm³/mol. The van der Waals surface area contributed by atoms with E-state index in [-0.39, 0.29) is 5.56 Å². The predicted octanol–water partition coefficient (Wildman–Crippen LogP) is 1.97. The van der Waals surface area contributed by atoms with E-state index in [2.05, 4.69) is 27.5 Å². The number of carbonyl (C=O) groups is 1. The van der Waals surface area contributed by atoms with Gasteiger partial charge in [0.2, 0.25) is 0 Å². The minimum atomic E-state index is -0.941. The van der Waals surface area contributed by atoms with Crippen LogP contribution in [0.5, 0.6) is 0 Å². The van der Waals surface area contributed by atoms with Crippen molar-refractivity contribution in [3.8, 4) is 0 Å². The summed E-state index contributed by atoms with van der Waals surface area (Å²) in [5.74, 6) is 0.0784. The molecule has 1 aliphatic heterocycles. The van der Waals surface area contributed by atoms with Crippen molar-refractivity contribution in [2.75, 3.05) is 11.9 Å². The summed E-state index contributed by atoms with van der Waals surface area (Å²) in [6.07, 6.45) is 6.94. The molecule has 0 radical (unpaired) electrons. The molecule has 0 aromatic carbocycles. The Morgan fingerprint density at radius 1 is 1.43 bits per heavy atom. The lowest BCUT2D eigenvalue weighted by molar-refractivity contribution is 0.0696. The molecule has 2 N–H and O–H groups in total. The van der Waals surface area contributed by atoms with Crippen LogP contribution in [0.3, 0.4) is 0 Å². The molecule has 6 nitrogen and oxygen atoms in total. The van der Waals surface area contributed by atoms with E-state index in [1.165, 1.54) is 18.2 Å². The number of nitrogens with zero attached hydrogens (tertiary/aromatic N) is 3. The van der Waals surface area contributed by atoms with Gasteiger partial charge in [-0.25, -0.2) is 9.78 Å². The Kier molecular flexibility index (Phi) is 3.85. The van der Waals surface area contributed by atoms with Crippen LogP contribution in [-0.4, -0.2) is 32.4 Å². The molecule has 2 aromatic heterocycles. The van der Waals surface area contributed by atoms with Gasteiger partial charge in [-0.2, -0.15) is 5.10 Å². The number of rotatable bonds is 5. The molecule has 3 heterocycles. The molecule has 0 saturated carbocycles. The molecule has 110 valence electrons. The third-order valence-corrected chi connectivity index (χ3v) is 3.65. The van der Waals surface area contributed by atoms with Gasteiger partial charge >= 0.3 is 5.97 Å². The first-order chi connectivity index (χ1) is 10.2. The summed E-state index contributed by atoms with van der Waals surface area (Å²) in [5, 5.41) is 16.2. The second kappa shape index (κ2) is 5.95. The first-order valence-electron chi connectivity index (χ1n) is 7.21. The SMILES string of the molecule is O=C(O)c1cnn(CCCc2ccc3c(n2)NCCC3)c1. The van der Waals surface area contributed by atoms with Crippen LogP contribution in [-0.2, 0) is 19.4 Å². The molecule has 0 saturated heterocycles. The van der Waals surface area contributed by atoms with E-state index in [1.807, 2.05) is 0 Å². The molecule has 0 fully saturated rings. The number of aromatic carboxylic acids is 1. The van der Waals surface area contributed by atoms with Gasteiger partial charge in [-0.1, -0.05) is 6.07 Å². The van der Waals surface area contributed by atoms with E-state index in [4.69, 9.17) is 5.11 Å². The summed E-state index contributed by atoms with van der Waals surface area (Å²) < 4.78 is 1.67. The fraction of sp³-hybridized carbons (Fsp3) is 0.400. The Morgan fingerprint density at radius 3 is 3.14 bits per heavy atom. The van der Waals surface area contributed by atoms with Crippen LogP contribution < -0.4 is 5.32 Å². The highest BCUT2D eigenvalue weighted by atomic mass is 16.4. The number of aromatic nitrogens is 3. The van der Waals surface area contributed by atoms with Gasteiger partial charge in [0.15, 0.2) is 0 Å². The lowest BCUT2D eigenvalue weighted by atomic mass is 10.1. The second-order valence-corrected chi connectivity index (χ2v) is 5.24. The molecule has 1 aliphatic rings. The maximum Gasteiger partial charge on any atom is 0.338 e. The molecule has 0 spiro atoms. The van der Waals surface area contributed by atoms with Crippen molar-refractivity contribution in [2.45, 2.75) is 32.2 Å². The van der Waals surface area contributed by atoms with Crippen molar-refractivity contribution in [3.63, 3.8) is 0 Å². The lowest BCUT2D eigenvalue weighted by Crippen LogP contribution is -2.14. The van der Waals surface area contributed by atoms with Gasteiger partial charge in [-0.15, -0.1) is 0 Å². The minimum absolute atomic E-state index is 0.228. The highest BCUT2D eigenvalue weighted by Crippen LogP contribution is 2.20. The van der Waals surface area contributed by atoms with E-state index in [0.717, 1.165) is 37.3 Å². The van der Waals surface area contributed by atoms with Gasteiger partial charge in [0, 0.05) is 25.0 Å². The summed E-state index contributed by atoms with van der Waals surface area (Å²) in [7, 11) is 0. The zero-order valence-corrected chi connectivity index (χ0v) is 11.7. The van der Waals surface area contributed by atoms with Crippen molar-refractivity contribution in [3.05, 3.63) is 41.3 Å². The zero-order chi connectivity index (χ0) is 14.7. The van der Waals surface area contributed by atoms with Crippen LogP contribution in [0.25, 0.3) is 0 Å². The smallest absolute Gasteiger partial charge is 0.338 e. The summed E-state index contributed by atoms with van der Waals surface area (Å²) in [4.78, 5) is 15.4. The maximum atomic E-state index is 10.8. The molecule has 3 rings (SSSR count). The Labute approximate surface area is 122 Å². The lowest BCUT2D eigenvalue weighted by Gasteiger charge is -2.17. The molecule has 0 atom stereocenters. The van der Waals surface area contributed by atoms with Crippen LogP contribution >= 0.6 is 0 Å². The number of aryl methyl sites for hydroxylation is 3. The molecule has 2 aromatic rings. The van der Waals surface area contributed by atoms with Crippen molar-refractivity contribution < 1.29 is 9.90 Å². The van der Waals surface area contributed by atoms with Crippen molar-refractivity contribution >= 4 is 11.8 Å². The number of hydrogen-bond acceptors (Lipinski definition) is 4. The van der Waals surface area contributed by atoms with Gasteiger partial charge in [0.25, 0.3) is 0 Å². The number of anilines is 1. The molecule has 21 heavy (non-hydrogen) atoms. The summed E-state index contributed by atoms with van der Waals surface area (Å²) in [6, 6.07) is 4.23. The fourth-order valence-electron chi connectivity index (χ4n) is 2.53. The van der Waals surface area contributed by atoms with E-state index in [0.29, 0.717) is 6.54 Å². The number of pyridine rings is 1. The van der Waals surface area contributed by atoms with Gasteiger partial charge in [-0.05, 0) is 37.3 Å². The van der Waals surface area contributed by atoms with E-state index < -0.39 is 5.97 Å². The molecular weight excluding hydrogens is 268 g/mol. The summed E-state index contributed by atoms with van der Waals surface area (Å²) >= 11 is 0.